The van der Waals surface area contributed by atoms with Gasteiger partial charge in [0.05, 0.1) is 17.3 Å². The molecule has 1 heterocycles. The normalized spacial score (nSPS) is 12.0. The smallest absolute Gasteiger partial charge is 0.223 e. The van der Waals surface area contributed by atoms with Crippen LogP contribution >= 0.6 is 11.6 Å². The van der Waals surface area contributed by atoms with Crippen molar-refractivity contribution in [2.24, 2.45) is 0 Å². The van der Waals surface area contributed by atoms with E-state index in [2.05, 4.69) is 4.98 Å². The lowest BCUT2D eigenvalue weighted by atomic mass is 10.1. The van der Waals surface area contributed by atoms with Crippen LogP contribution in [0.15, 0.2) is 65.2 Å². The first-order valence-electron chi connectivity index (χ1n) is 8.56. The molecule has 0 fully saturated rings. The molecule has 3 rings (SSSR count). The van der Waals surface area contributed by atoms with E-state index in [4.69, 9.17) is 16.0 Å². The van der Waals surface area contributed by atoms with Crippen LogP contribution in [-0.2, 0) is 11.2 Å². The minimum absolute atomic E-state index is 0.0203. The highest BCUT2D eigenvalue weighted by atomic mass is 35.5. The summed E-state index contributed by atoms with van der Waals surface area (Å²) in [5.41, 5.74) is 1.91. The average Bonchev–Trinajstić information content (AvgIpc) is 3.14. The summed E-state index contributed by atoms with van der Waals surface area (Å²) in [7, 11) is 1.82. The molecule has 0 radical (unpaired) electrons. The van der Waals surface area contributed by atoms with Crippen molar-refractivity contribution in [2.75, 3.05) is 7.05 Å². The van der Waals surface area contributed by atoms with Crippen LogP contribution < -0.4 is 0 Å². The van der Waals surface area contributed by atoms with Crippen LogP contribution in [0, 0.1) is 0 Å². The third-order valence-electron chi connectivity index (χ3n) is 4.50. The fourth-order valence-corrected chi connectivity index (χ4v) is 3.00. The second-order valence-corrected chi connectivity index (χ2v) is 6.60. The quantitative estimate of drug-likeness (QED) is 0.604. The zero-order valence-corrected chi connectivity index (χ0v) is 15.6. The number of oxazole rings is 1. The maximum Gasteiger partial charge on any atom is 0.223 e. The number of nitrogens with zero attached hydrogens (tertiary/aromatic N) is 2. The summed E-state index contributed by atoms with van der Waals surface area (Å²) in [6, 6.07) is 17.5. The molecule has 0 aliphatic heterocycles. The van der Waals surface area contributed by atoms with Gasteiger partial charge < -0.3 is 9.32 Å². The molecule has 0 unspecified atom stereocenters. The SMILES string of the molecule is C[C@@H](c1ccccc1)N(C)C(=O)CCc1ncc(-c2ccccc2Cl)o1. The molecule has 2 aromatic carbocycles. The Hall–Kier alpha value is -2.59. The molecule has 0 saturated heterocycles. The maximum atomic E-state index is 12.5. The highest BCUT2D eigenvalue weighted by molar-refractivity contribution is 6.33. The first-order chi connectivity index (χ1) is 12.6. The van der Waals surface area contributed by atoms with Gasteiger partial charge in [-0.2, -0.15) is 0 Å². The van der Waals surface area contributed by atoms with Crippen molar-refractivity contribution < 1.29 is 9.21 Å². The zero-order chi connectivity index (χ0) is 18.5. The molecule has 0 saturated carbocycles. The van der Waals surface area contributed by atoms with Crippen LogP contribution in [-0.4, -0.2) is 22.8 Å². The zero-order valence-electron chi connectivity index (χ0n) is 14.9. The van der Waals surface area contributed by atoms with Crippen molar-refractivity contribution in [3.63, 3.8) is 0 Å². The molecule has 0 bridgehead atoms. The standard InChI is InChI=1S/C21H21ClN2O2/c1-15(16-8-4-3-5-9-16)24(2)21(25)13-12-20-23-14-19(26-20)17-10-6-7-11-18(17)22/h3-11,14-15H,12-13H2,1-2H3/t15-/m0/s1. The average molecular weight is 369 g/mol. The van der Waals surface area contributed by atoms with Crippen LogP contribution in [0.5, 0.6) is 0 Å². The number of benzene rings is 2. The Kier molecular flexibility index (Phi) is 5.74. The van der Waals surface area contributed by atoms with E-state index < -0.39 is 0 Å². The van der Waals surface area contributed by atoms with Crippen LogP contribution in [0.25, 0.3) is 11.3 Å². The second-order valence-electron chi connectivity index (χ2n) is 6.19. The Morgan fingerprint density at radius 1 is 1.15 bits per heavy atom. The Labute approximate surface area is 158 Å². The van der Waals surface area contributed by atoms with Gasteiger partial charge >= 0.3 is 0 Å². The van der Waals surface area contributed by atoms with Crippen LogP contribution in [0.2, 0.25) is 5.02 Å². The third-order valence-corrected chi connectivity index (χ3v) is 4.83. The van der Waals surface area contributed by atoms with Gasteiger partial charge in [0.15, 0.2) is 11.7 Å². The molecule has 26 heavy (non-hydrogen) atoms. The van der Waals surface area contributed by atoms with Crippen LogP contribution in [0.4, 0.5) is 0 Å². The molecule has 1 aromatic heterocycles. The molecule has 0 N–H and O–H groups in total. The van der Waals surface area contributed by atoms with Gasteiger partial charge in [0, 0.05) is 25.5 Å². The lowest BCUT2D eigenvalue weighted by molar-refractivity contribution is -0.131. The first kappa shape index (κ1) is 18.2. The predicted molar refractivity (Wildman–Crippen MR) is 103 cm³/mol. The van der Waals surface area contributed by atoms with Crippen molar-refractivity contribution in [3.8, 4) is 11.3 Å². The van der Waals surface area contributed by atoms with E-state index >= 15 is 0 Å². The number of aromatic nitrogens is 1. The number of hydrogen-bond acceptors (Lipinski definition) is 3. The topological polar surface area (TPSA) is 46.3 Å². The molecule has 0 aliphatic rings. The minimum atomic E-state index is 0.0203. The lowest BCUT2D eigenvalue weighted by Gasteiger charge is -2.25. The summed E-state index contributed by atoms with van der Waals surface area (Å²) < 4.78 is 5.76. The Morgan fingerprint density at radius 2 is 1.85 bits per heavy atom. The van der Waals surface area contributed by atoms with Crippen molar-refractivity contribution in [2.45, 2.75) is 25.8 Å². The molecule has 4 nitrogen and oxygen atoms in total. The van der Waals surface area contributed by atoms with Crippen LogP contribution in [0.1, 0.15) is 30.8 Å². The number of amides is 1. The van der Waals surface area contributed by atoms with E-state index in [1.54, 1.807) is 11.1 Å². The Morgan fingerprint density at radius 3 is 2.58 bits per heavy atom. The number of rotatable bonds is 6. The number of aryl methyl sites for hydroxylation is 1. The van der Waals surface area contributed by atoms with E-state index in [1.165, 1.54) is 0 Å². The van der Waals surface area contributed by atoms with Gasteiger partial charge in [-0.1, -0.05) is 54.1 Å². The molecule has 1 atom stereocenters. The van der Waals surface area contributed by atoms with Crippen molar-refractivity contribution in [1.82, 2.24) is 9.88 Å². The van der Waals surface area contributed by atoms with E-state index in [1.807, 2.05) is 68.6 Å². The maximum absolute atomic E-state index is 12.5. The highest BCUT2D eigenvalue weighted by Crippen LogP contribution is 2.28. The Balaban J connectivity index is 1.61. The predicted octanol–water partition coefficient (Wildman–Crippen LogP) is 5.15. The number of carbonyl (C=O) groups excluding carboxylic acids is 1. The van der Waals surface area contributed by atoms with Crippen LogP contribution in [0.3, 0.4) is 0 Å². The number of carbonyl (C=O) groups is 1. The fourth-order valence-electron chi connectivity index (χ4n) is 2.77. The summed E-state index contributed by atoms with van der Waals surface area (Å²) >= 11 is 6.18. The summed E-state index contributed by atoms with van der Waals surface area (Å²) in [4.78, 5) is 18.5. The molecular weight excluding hydrogens is 348 g/mol. The molecule has 1 amide bonds. The summed E-state index contributed by atoms with van der Waals surface area (Å²) in [6.07, 6.45) is 2.45. The number of halogens is 1. The van der Waals surface area contributed by atoms with Gasteiger partial charge in [-0.25, -0.2) is 4.98 Å². The first-order valence-corrected chi connectivity index (χ1v) is 8.94. The minimum Gasteiger partial charge on any atom is -0.441 e. The summed E-state index contributed by atoms with van der Waals surface area (Å²) in [5, 5.41) is 0.614. The molecule has 5 heteroatoms. The molecule has 134 valence electrons. The van der Waals surface area contributed by atoms with Crippen molar-refractivity contribution in [3.05, 3.63) is 77.3 Å². The third kappa shape index (κ3) is 4.14. The second kappa shape index (κ2) is 8.19. The van der Waals surface area contributed by atoms with Gasteiger partial charge in [-0.15, -0.1) is 0 Å². The van der Waals surface area contributed by atoms with Crippen molar-refractivity contribution in [1.29, 1.82) is 0 Å². The molecule has 0 aliphatic carbocycles. The summed E-state index contributed by atoms with van der Waals surface area (Å²) in [5.74, 6) is 1.21. The van der Waals surface area contributed by atoms with Gasteiger partial charge in [0.25, 0.3) is 0 Å². The van der Waals surface area contributed by atoms with E-state index in [9.17, 15) is 4.79 Å². The fraction of sp³-hybridized carbons (Fsp3) is 0.238. The highest BCUT2D eigenvalue weighted by Gasteiger charge is 2.18. The summed E-state index contributed by atoms with van der Waals surface area (Å²) in [6.45, 7) is 2.02. The van der Waals surface area contributed by atoms with Crippen molar-refractivity contribution >= 4 is 17.5 Å². The molecular formula is C21H21ClN2O2. The van der Waals surface area contributed by atoms with Gasteiger partial charge in [0.1, 0.15) is 0 Å². The molecule has 0 spiro atoms. The number of hydrogen-bond donors (Lipinski definition) is 0. The largest absolute Gasteiger partial charge is 0.441 e. The van der Waals surface area contributed by atoms with E-state index in [0.29, 0.717) is 29.5 Å². The lowest BCUT2D eigenvalue weighted by Crippen LogP contribution is -2.29. The Bertz CT molecular complexity index is 876. The van der Waals surface area contributed by atoms with E-state index in [-0.39, 0.29) is 11.9 Å². The monoisotopic (exact) mass is 368 g/mol. The van der Waals surface area contributed by atoms with E-state index in [0.717, 1.165) is 11.1 Å². The molecule has 3 aromatic rings. The van der Waals surface area contributed by atoms with Gasteiger partial charge in [0.2, 0.25) is 5.91 Å². The van der Waals surface area contributed by atoms with Gasteiger partial charge in [-0.05, 0) is 24.6 Å². The van der Waals surface area contributed by atoms with Gasteiger partial charge in [-0.3, -0.25) is 4.79 Å².